The van der Waals surface area contributed by atoms with Gasteiger partial charge in [-0.05, 0) is 24.6 Å². The summed E-state index contributed by atoms with van der Waals surface area (Å²) in [5.74, 6) is -0.387. The van der Waals surface area contributed by atoms with Crippen LogP contribution in [0.4, 0.5) is 4.39 Å². The maximum Gasteiger partial charge on any atom is 0.142 e. The molecule has 1 aromatic carbocycles. The molecule has 1 unspecified atom stereocenters. The highest BCUT2D eigenvalue weighted by atomic mass is 35.5. The van der Waals surface area contributed by atoms with E-state index in [-0.39, 0.29) is 16.9 Å². The van der Waals surface area contributed by atoms with Gasteiger partial charge in [-0.15, -0.1) is 0 Å². The molecular weight excluding hydrogens is 217 g/mol. The molecule has 0 radical (unpaired) electrons. The van der Waals surface area contributed by atoms with Gasteiger partial charge in [-0.3, -0.25) is 0 Å². The molecule has 1 atom stereocenters. The first-order valence-corrected chi connectivity index (χ1v) is 5.40. The van der Waals surface area contributed by atoms with E-state index in [1.807, 2.05) is 0 Å². The summed E-state index contributed by atoms with van der Waals surface area (Å²) in [7, 11) is 0. The van der Waals surface area contributed by atoms with Crippen LogP contribution in [-0.4, -0.2) is 19.2 Å². The van der Waals surface area contributed by atoms with Crippen LogP contribution in [0, 0.1) is 5.82 Å². The van der Waals surface area contributed by atoms with Crippen molar-refractivity contribution in [2.45, 2.75) is 19.1 Å². The van der Waals surface area contributed by atoms with E-state index in [0.717, 1.165) is 19.5 Å². The zero-order valence-corrected chi connectivity index (χ0v) is 9.06. The standard InChI is InChI=1S/C11H13ClFNO/c12-11-8(2-1-3-10(11)13)7-15-9-4-5-14-6-9/h1-3,9,14H,4-7H2. The number of halogens is 2. The highest BCUT2D eigenvalue weighted by Crippen LogP contribution is 2.21. The average Bonchev–Trinajstić information content (AvgIpc) is 2.73. The molecule has 2 nitrogen and oxygen atoms in total. The molecule has 4 heteroatoms. The Kier molecular flexibility index (Phi) is 3.57. The fourth-order valence-electron chi connectivity index (χ4n) is 1.64. The molecule has 0 aliphatic carbocycles. The molecule has 0 saturated carbocycles. The second kappa shape index (κ2) is 4.92. The van der Waals surface area contributed by atoms with Crippen molar-refractivity contribution in [3.63, 3.8) is 0 Å². The van der Waals surface area contributed by atoms with Crippen LogP contribution in [0.25, 0.3) is 0 Å². The van der Waals surface area contributed by atoms with E-state index in [1.165, 1.54) is 6.07 Å². The van der Waals surface area contributed by atoms with Crippen molar-refractivity contribution in [2.24, 2.45) is 0 Å². The number of rotatable bonds is 3. The number of hydrogen-bond acceptors (Lipinski definition) is 2. The second-order valence-corrected chi connectivity index (χ2v) is 4.02. The molecule has 15 heavy (non-hydrogen) atoms. The van der Waals surface area contributed by atoms with Crippen molar-refractivity contribution in [1.82, 2.24) is 5.32 Å². The molecule has 0 spiro atoms. The smallest absolute Gasteiger partial charge is 0.142 e. The summed E-state index contributed by atoms with van der Waals surface area (Å²) in [6.45, 7) is 2.23. The number of hydrogen-bond donors (Lipinski definition) is 1. The molecule has 82 valence electrons. The van der Waals surface area contributed by atoms with Gasteiger partial charge in [0.25, 0.3) is 0 Å². The molecule has 0 amide bonds. The maximum absolute atomic E-state index is 13.1. The van der Waals surface area contributed by atoms with Crippen LogP contribution in [-0.2, 0) is 11.3 Å². The lowest BCUT2D eigenvalue weighted by molar-refractivity contribution is 0.0541. The highest BCUT2D eigenvalue weighted by molar-refractivity contribution is 6.31. The summed E-state index contributed by atoms with van der Waals surface area (Å²) < 4.78 is 18.7. The third-order valence-electron chi connectivity index (χ3n) is 2.52. The number of ether oxygens (including phenoxy) is 1. The van der Waals surface area contributed by atoms with Crippen LogP contribution >= 0.6 is 11.6 Å². The molecule has 1 fully saturated rings. The first kappa shape index (κ1) is 10.9. The predicted molar refractivity (Wildman–Crippen MR) is 57.5 cm³/mol. The van der Waals surface area contributed by atoms with Gasteiger partial charge in [0.15, 0.2) is 0 Å². The molecule has 0 aromatic heterocycles. The van der Waals surface area contributed by atoms with Gasteiger partial charge in [-0.1, -0.05) is 23.7 Å². The number of benzene rings is 1. The van der Waals surface area contributed by atoms with Gasteiger partial charge >= 0.3 is 0 Å². The van der Waals surface area contributed by atoms with E-state index in [0.29, 0.717) is 12.2 Å². The fraction of sp³-hybridized carbons (Fsp3) is 0.455. The Hall–Kier alpha value is -0.640. The zero-order chi connectivity index (χ0) is 10.7. The molecule has 1 aromatic rings. The van der Waals surface area contributed by atoms with Crippen LogP contribution in [0.1, 0.15) is 12.0 Å². The lowest BCUT2D eigenvalue weighted by Gasteiger charge is -2.11. The van der Waals surface area contributed by atoms with Gasteiger partial charge in [0.1, 0.15) is 5.82 Å². The molecular formula is C11H13ClFNO. The van der Waals surface area contributed by atoms with Crippen LogP contribution in [0.5, 0.6) is 0 Å². The Bertz CT molecular complexity index is 339. The van der Waals surface area contributed by atoms with Gasteiger partial charge < -0.3 is 10.1 Å². The molecule has 0 bridgehead atoms. The minimum Gasteiger partial charge on any atom is -0.372 e. The molecule has 1 heterocycles. The van der Waals surface area contributed by atoms with Crippen LogP contribution in [0.3, 0.4) is 0 Å². The van der Waals surface area contributed by atoms with Gasteiger partial charge in [0, 0.05) is 6.54 Å². The van der Waals surface area contributed by atoms with Crippen LogP contribution < -0.4 is 5.32 Å². The zero-order valence-electron chi connectivity index (χ0n) is 8.30. The van der Waals surface area contributed by atoms with E-state index in [1.54, 1.807) is 12.1 Å². The lowest BCUT2D eigenvalue weighted by atomic mass is 10.2. The summed E-state index contributed by atoms with van der Waals surface area (Å²) >= 11 is 5.81. The third kappa shape index (κ3) is 2.68. The minimum absolute atomic E-state index is 0.170. The maximum atomic E-state index is 13.1. The second-order valence-electron chi connectivity index (χ2n) is 3.64. The molecule has 2 rings (SSSR count). The fourth-order valence-corrected chi connectivity index (χ4v) is 1.82. The van der Waals surface area contributed by atoms with Gasteiger partial charge in [0.05, 0.1) is 17.7 Å². The highest BCUT2D eigenvalue weighted by Gasteiger charge is 2.15. The molecule has 1 saturated heterocycles. The topological polar surface area (TPSA) is 21.3 Å². The summed E-state index contributed by atoms with van der Waals surface area (Å²) in [4.78, 5) is 0. The molecule has 1 N–H and O–H groups in total. The largest absolute Gasteiger partial charge is 0.372 e. The van der Waals surface area contributed by atoms with Crippen molar-refractivity contribution >= 4 is 11.6 Å². The van der Waals surface area contributed by atoms with Gasteiger partial charge in [-0.2, -0.15) is 0 Å². The summed E-state index contributed by atoms with van der Waals surface area (Å²) in [5.41, 5.74) is 0.712. The van der Waals surface area contributed by atoms with Gasteiger partial charge in [-0.25, -0.2) is 4.39 Å². The Morgan fingerprint density at radius 1 is 1.53 bits per heavy atom. The molecule has 1 aliphatic rings. The van der Waals surface area contributed by atoms with Crippen molar-refractivity contribution in [3.05, 3.63) is 34.6 Å². The Morgan fingerprint density at radius 3 is 3.13 bits per heavy atom. The van der Waals surface area contributed by atoms with Crippen molar-refractivity contribution < 1.29 is 9.13 Å². The first-order chi connectivity index (χ1) is 7.27. The van der Waals surface area contributed by atoms with Crippen molar-refractivity contribution in [3.8, 4) is 0 Å². The normalized spacial score (nSPS) is 20.8. The third-order valence-corrected chi connectivity index (χ3v) is 2.94. The predicted octanol–water partition coefficient (Wildman–Crippen LogP) is 2.36. The monoisotopic (exact) mass is 229 g/mol. The van der Waals surface area contributed by atoms with Gasteiger partial charge in [0.2, 0.25) is 0 Å². The van der Waals surface area contributed by atoms with E-state index in [4.69, 9.17) is 16.3 Å². The average molecular weight is 230 g/mol. The van der Waals surface area contributed by atoms with Crippen LogP contribution in [0.15, 0.2) is 18.2 Å². The van der Waals surface area contributed by atoms with E-state index < -0.39 is 0 Å². The van der Waals surface area contributed by atoms with E-state index in [9.17, 15) is 4.39 Å². The molecule has 1 aliphatic heterocycles. The quantitative estimate of drug-likeness (QED) is 0.859. The van der Waals surface area contributed by atoms with Crippen molar-refractivity contribution in [1.29, 1.82) is 0 Å². The summed E-state index contributed by atoms with van der Waals surface area (Å²) in [5, 5.41) is 3.37. The SMILES string of the molecule is Fc1cccc(COC2CCNC2)c1Cl. The van der Waals surface area contributed by atoms with E-state index in [2.05, 4.69) is 5.32 Å². The first-order valence-electron chi connectivity index (χ1n) is 5.02. The van der Waals surface area contributed by atoms with E-state index >= 15 is 0 Å². The minimum atomic E-state index is -0.387. The summed E-state index contributed by atoms with van der Waals surface area (Å²) in [6, 6.07) is 4.78. The number of nitrogens with one attached hydrogen (secondary N) is 1. The lowest BCUT2D eigenvalue weighted by Crippen LogP contribution is -2.16. The van der Waals surface area contributed by atoms with Crippen LogP contribution in [0.2, 0.25) is 5.02 Å². The Morgan fingerprint density at radius 2 is 2.40 bits per heavy atom. The Balaban J connectivity index is 1.95. The Labute approximate surface area is 93.4 Å². The summed E-state index contributed by atoms with van der Waals surface area (Å²) in [6.07, 6.45) is 1.23. The van der Waals surface area contributed by atoms with Crippen molar-refractivity contribution in [2.75, 3.05) is 13.1 Å².